The minimum Gasteiger partial charge on any atom is -0.480 e. The summed E-state index contributed by atoms with van der Waals surface area (Å²) in [5, 5.41) is 22.5. The Morgan fingerprint density at radius 2 is 1.95 bits per heavy atom. The number of sulfone groups is 1. The Morgan fingerprint density at radius 3 is 2.33 bits per heavy atom. The van der Waals surface area contributed by atoms with Gasteiger partial charge < -0.3 is 10.4 Å². The van der Waals surface area contributed by atoms with Crippen molar-refractivity contribution in [3.63, 3.8) is 0 Å². The minimum atomic E-state index is -3.75. The lowest BCUT2D eigenvalue weighted by Gasteiger charge is -2.20. The molecule has 21 heavy (non-hydrogen) atoms. The summed E-state index contributed by atoms with van der Waals surface area (Å²) in [6.07, 6.45) is 0.905. The molecule has 0 bridgehead atoms. The molecule has 1 aromatic rings. The van der Waals surface area contributed by atoms with Gasteiger partial charge in [-0.15, -0.1) is 0 Å². The van der Waals surface area contributed by atoms with E-state index >= 15 is 0 Å². The molecule has 0 heterocycles. The molecule has 0 aliphatic rings. The summed E-state index contributed by atoms with van der Waals surface area (Å²) in [5.41, 5.74) is -0.346. The highest BCUT2D eigenvalue weighted by Crippen LogP contribution is 2.27. The first-order chi connectivity index (χ1) is 9.54. The summed E-state index contributed by atoms with van der Waals surface area (Å²) >= 11 is 0. The van der Waals surface area contributed by atoms with E-state index in [1.807, 2.05) is 0 Å². The van der Waals surface area contributed by atoms with Crippen molar-refractivity contribution in [2.24, 2.45) is 5.92 Å². The van der Waals surface area contributed by atoms with E-state index in [1.165, 1.54) is 6.07 Å². The van der Waals surface area contributed by atoms with Gasteiger partial charge in [0.1, 0.15) is 6.04 Å². The number of carboxylic acid groups (broad SMARTS) is 1. The number of hydrogen-bond donors (Lipinski definition) is 2. The summed E-state index contributed by atoms with van der Waals surface area (Å²) < 4.78 is 23.5. The van der Waals surface area contributed by atoms with Gasteiger partial charge in [-0.05, 0) is 12.0 Å². The van der Waals surface area contributed by atoms with E-state index in [0.29, 0.717) is 0 Å². The Balaban J connectivity index is 3.36. The number of nitrogens with zero attached hydrogens (tertiary/aromatic N) is 1. The number of non-ortho nitro benzene ring substituents is 1. The number of hydrogen-bond acceptors (Lipinski definition) is 6. The van der Waals surface area contributed by atoms with Crippen LogP contribution in [0.15, 0.2) is 23.1 Å². The molecule has 1 rings (SSSR count). The standard InChI is InChI=1S/C12H16N2O6S/c1-7(2)11(12(15)16)13-9-5-4-8(14(17)18)6-10(9)21(3,19)20/h4-7,11,13H,1-3H3,(H,15,16)/t11-/m1/s1. The molecular formula is C12H16N2O6S. The Kier molecular flexibility index (Phi) is 4.89. The number of anilines is 1. The summed E-state index contributed by atoms with van der Waals surface area (Å²) in [6.45, 7) is 3.33. The van der Waals surface area contributed by atoms with Crippen LogP contribution in [-0.4, -0.2) is 36.7 Å². The summed E-state index contributed by atoms with van der Waals surface area (Å²) in [4.78, 5) is 20.9. The van der Waals surface area contributed by atoms with Gasteiger partial charge in [0.25, 0.3) is 5.69 Å². The normalized spacial score (nSPS) is 13.0. The molecule has 0 saturated carbocycles. The fourth-order valence-electron chi connectivity index (χ4n) is 1.73. The number of carboxylic acids is 1. The van der Waals surface area contributed by atoms with Crippen molar-refractivity contribution >= 4 is 27.2 Å². The maximum atomic E-state index is 11.7. The van der Waals surface area contributed by atoms with Crippen molar-refractivity contribution in [1.29, 1.82) is 0 Å². The molecule has 0 amide bonds. The van der Waals surface area contributed by atoms with E-state index in [2.05, 4.69) is 5.32 Å². The maximum absolute atomic E-state index is 11.7. The third-order valence-corrected chi connectivity index (χ3v) is 3.96. The van der Waals surface area contributed by atoms with E-state index in [0.717, 1.165) is 18.4 Å². The molecule has 0 aromatic heterocycles. The lowest BCUT2D eigenvalue weighted by Crippen LogP contribution is -2.34. The lowest BCUT2D eigenvalue weighted by atomic mass is 10.0. The second-order valence-corrected chi connectivity index (χ2v) is 6.90. The molecule has 0 fully saturated rings. The van der Waals surface area contributed by atoms with Crippen LogP contribution in [0.2, 0.25) is 0 Å². The van der Waals surface area contributed by atoms with Gasteiger partial charge in [-0.3, -0.25) is 10.1 Å². The van der Waals surface area contributed by atoms with Crippen LogP contribution in [0, 0.1) is 16.0 Å². The molecule has 1 aromatic carbocycles. The zero-order valence-corrected chi connectivity index (χ0v) is 12.5. The average Bonchev–Trinajstić information content (AvgIpc) is 2.33. The molecule has 0 saturated heterocycles. The fraction of sp³-hybridized carbons (Fsp3) is 0.417. The van der Waals surface area contributed by atoms with Crippen LogP contribution in [0.3, 0.4) is 0 Å². The smallest absolute Gasteiger partial charge is 0.326 e. The van der Waals surface area contributed by atoms with Crippen LogP contribution in [0.5, 0.6) is 0 Å². The van der Waals surface area contributed by atoms with Gasteiger partial charge in [0.15, 0.2) is 9.84 Å². The largest absolute Gasteiger partial charge is 0.480 e. The molecular weight excluding hydrogens is 300 g/mol. The van der Waals surface area contributed by atoms with Gasteiger partial charge in [0.2, 0.25) is 0 Å². The van der Waals surface area contributed by atoms with Crippen molar-refractivity contribution in [3.05, 3.63) is 28.3 Å². The predicted octanol–water partition coefficient (Wildman–Crippen LogP) is 1.52. The summed E-state index contributed by atoms with van der Waals surface area (Å²) in [7, 11) is -3.75. The Morgan fingerprint density at radius 1 is 1.38 bits per heavy atom. The van der Waals surface area contributed by atoms with Gasteiger partial charge in [-0.1, -0.05) is 13.8 Å². The van der Waals surface area contributed by atoms with Crippen molar-refractivity contribution in [3.8, 4) is 0 Å². The van der Waals surface area contributed by atoms with E-state index in [4.69, 9.17) is 5.11 Å². The molecule has 0 spiro atoms. The molecule has 2 N–H and O–H groups in total. The van der Waals surface area contributed by atoms with Crippen molar-refractivity contribution < 1.29 is 23.2 Å². The van der Waals surface area contributed by atoms with Crippen molar-refractivity contribution in [1.82, 2.24) is 0 Å². The van der Waals surface area contributed by atoms with Gasteiger partial charge in [0.05, 0.1) is 15.5 Å². The first-order valence-corrected chi connectivity index (χ1v) is 7.91. The van der Waals surface area contributed by atoms with E-state index in [9.17, 15) is 23.3 Å². The number of nitro benzene ring substituents is 1. The van der Waals surface area contributed by atoms with E-state index in [-0.39, 0.29) is 22.2 Å². The second-order valence-electron chi connectivity index (χ2n) is 4.91. The monoisotopic (exact) mass is 316 g/mol. The zero-order valence-electron chi connectivity index (χ0n) is 11.7. The topological polar surface area (TPSA) is 127 Å². The Hall–Kier alpha value is -2.16. The minimum absolute atomic E-state index is 0.0317. The number of nitro groups is 1. The highest BCUT2D eigenvalue weighted by atomic mass is 32.2. The number of rotatable bonds is 6. The summed E-state index contributed by atoms with van der Waals surface area (Å²) in [6, 6.07) is 2.23. The number of carbonyl (C=O) groups is 1. The van der Waals surface area contributed by atoms with Crippen LogP contribution in [0.4, 0.5) is 11.4 Å². The quantitative estimate of drug-likeness (QED) is 0.601. The Labute approximate surface area is 121 Å². The molecule has 9 heteroatoms. The molecule has 0 radical (unpaired) electrons. The number of benzene rings is 1. The van der Waals surface area contributed by atoms with Crippen LogP contribution >= 0.6 is 0 Å². The number of nitrogens with one attached hydrogen (secondary N) is 1. The lowest BCUT2D eigenvalue weighted by molar-refractivity contribution is -0.385. The predicted molar refractivity (Wildman–Crippen MR) is 76.1 cm³/mol. The Bertz CT molecular complexity index is 668. The first kappa shape index (κ1) is 16.9. The van der Waals surface area contributed by atoms with E-state index in [1.54, 1.807) is 13.8 Å². The molecule has 0 aliphatic heterocycles. The molecule has 116 valence electrons. The maximum Gasteiger partial charge on any atom is 0.326 e. The third-order valence-electron chi connectivity index (χ3n) is 2.82. The van der Waals surface area contributed by atoms with Gasteiger partial charge in [0, 0.05) is 18.4 Å². The first-order valence-electron chi connectivity index (χ1n) is 6.02. The molecule has 0 unspecified atom stereocenters. The van der Waals surface area contributed by atoms with Gasteiger partial charge in [-0.2, -0.15) is 0 Å². The molecule has 8 nitrogen and oxygen atoms in total. The van der Waals surface area contributed by atoms with Crippen molar-refractivity contribution in [2.75, 3.05) is 11.6 Å². The average molecular weight is 316 g/mol. The van der Waals surface area contributed by atoms with Gasteiger partial charge >= 0.3 is 5.97 Å². The van der Waals surface area contributed by atoms with Crippen molar-refractivity contribution in [2.45, 2.75) is 24.8 Å². The highest BCUT2D eigenvalue weighted by molar-refractivity contribution is 7.90. The number of aliphatic carboxylic acids is 1. The van der Waals surface area contributed by atoms with Crippen LogP contribution in [0.1, 0.15) is 13.8 Å². The van der Waals surface area contributed by atoms with Gasteiger partial charge in [-0.25, -0.2) is 13.2 Å². The highest BCUT2D eigenvalue weighted by Gasteiger charge is 2.25. The van der Waals surface area contributed by atoms with E-state index < -0.39 is 26.8 Å². The fourth-order valence-corrected chi connectivity index (χ4v) is 2.59. The third kappa shape index (κ3) is 4.15. The summed E-state index contributed by atoms with van der Waals surface area (Å²) in [5.74, 6) is -1.44. The second kappa shape index (κ2) is 6.08. The van der Waals surface area contributed by atoms with Crippen LogP contribution in [0.25, 0.3) is 0 Å². The van der Waals surface area contributed by atoms with Crippen LogP contribution in [-0.2, 0) is 14.6 Å². The van der Waals surface area contributed by atoms with Crippen LogP contribution < -0.4 is 5.32 Å². The molecule has 1 atom stereocenters. The SMILES string of the molecule is CC(C)[C@@H](Nc1ccc([N+](=O)[O-])cc1S(C)(=O)=O)C(=O)O. The molecule has 0 aliphatic carbocycles. The zero-order chi connectivity index (χ0) is 16.4.